The van der Waals surface area contributed by atoms with Gasteiger partial charge in [0, 0.05) is 45.5 Å². The molecule has 1 aromatic carbocycles. The monoisotopic (exact) mass is 478 g/mol. The van der Waals surface area contributed by atoms with E-state index in [2.05, 4.69) is 0 Å². The highest BCUT2D eigenvalue weighted by atomic mass is 16.6. The van der Waals surface area contributed by atoms with Crippen molar-refractivity contribution in [2.24, 2.45) is 5.92 Å². The van der Waals surface area contributed by atoms with Crippen molar-refractivity contribution in [2.75, 3.05) is 20.8 Å². The fourth-order valence-electron chi connectivity index (χ4n) is 4.45. The summed E-state index contributed by atoms with van der Waals surface area (Å²) in [7, 11) is 3.04. The van der Waals surface area contributed by atoms with Crippen LogP contribution in [0.2, 0.25) is 0 Å². The number of benzene rings is 1. The van der Waals surface area contributed by atoms with E-state index in [1.165, 1.54) is 7.11 Å². The van der Waals surface area contributed by atoms with Crippen LogP contribution >= 0.6 is 0 Å². The number of hydrogen-bond acceptors (Lipinski definition) is 7. The summed E-state index contributed by atoms with van der Waals surface area (Å²) in [6.07, 6.45) is -0.421. The zero-order valence-corrected chi connectivity index (χ0v) is 21.4. The highest BCUT2D eigenvalue weighted by Crippen LogP contribution is 2.32. The molecule has 34 heavy (non-hydrogen) atoms. The molecule has 2 bridgehead atoms. The van der Waals surface area contributed by atoms with Crippen LogP contribution in [0, 0.1) is 5.92 Å². The Morgan fingerprint density at radius 1 is 1.24 bits per heavy atom. The van der Waals surface area contributed by atoms with E-state index in [1.54, 1.807) is 7.11 Å². The second kappa shape index (κ2) is 12.8. The molecule has 2 rings (SSSR count). The van der Waals surface area contributed by atoms with Crippen LogP contribution in [0.4, 0.5) is 0 Å². The minimum absolute atomic E-state index is 0.0613. The molecule has 1 aliphatic rings. The van der Waals surface area contributed by atoms with E-state index in [-0.39, 0.29) is 18.6 Å². The molecule has 6 atom stereocenters. The van der Waals surface area contributed by atoms with Gasteiger partial charge in [-0.25, -0.2) is 4.79 Å². The number of fused-ring (bicyclic) bond motifs is 2. The van der Waals surface area contributed by atoms with Crippen molar-refractivity contribution in [3.05, 3.63) is 47.0 Å². The summed E-state index contributed by atoms with van der Waals surface area (Å²) in [5, 5.41) is 31.2. The maximum Gasteiger partial charge on any atom is 0.338 e. The number of carbonyl (C=O) groups is 1. The SMILES string of the molecule is CO[C@@H]1CC(/C(C)=C\C(C)CCO)OC(=O)[C@@H](O)[C@H](OC)Cc2cccc(c2)C(C)(C)[C@@H](O)C1. The Hall–Kier alpha value is -1.77. The number of ether oxygens (including phenoxy) is 3. The van der Waals surface area contributed by atoms with Gasteiger partial charge in [0.1, 0.15) is 6.10 Å². The van der Waals surface area contributed by atoms with Crippen LogP contribution in [0.1, 0.15) is 58.1 Å². The molecule has 0 aliphatic carbocycles. The summed E-state index contributed by atoms with van der Waals surface area (Å²) in [4.78, 5) is 13.0. The lowest BCUT2D eigenvalue weighted by Crippen LogP contribution is -2.42. The lowest BCUT2D eigenvalue weighted by atomic mass is 9.76. The van der Waals surface area contributed by atoms with Crippen molar-refractivity contribution in [3.8, 4) is 0 Å². The smallest absolute Gasteiger partial charge is 0.338 e. The van der Waals surface area contributed by atoms with Gasteiger partial charge in [0.2, 0.25) is 0 Å². The zero-order chi connectivity index (χ0) is 25.5. The molecule has 1 aromatic rings. The number of allylic oxidation sites excluding steroid dienone is 1. The van der Waals surface area contributed by atoms with Crippen molar-refractivity contribution in [1.82, 2.24) is 0 Å². The summed E-state index contributed by atoms with van der Waals surface area (Å²) in [5.41, 5.74) is 2.11. The van der Waals surface area contributed by atoms with E-state index in [4.69, 9.17) is 14.2 Å². The van der Waals surface area contributed by atoms with E-state index >= 15 is 0 Å². The molecule has 192 valence electrons. The number of hydrogen-bond donors (Lipinski definition) is 3. The Kier molecular flexibility index (Phi) is 10.7. The Morgan fingerprint density at radius 2 is 1.94 bits per heavy atom. The molecule has 1 heterocycles. The van der Waals surface area contributed by atoms with E-state index in [0.717, 1.165) is 16.7 Å². The van der Waals surface area contributed by atoms with Gasteiger partial charge in [-0.2, -0.15) is 0 Å². The van der Waals surface area contributed by atoms with Crippen LogP contribution in [0.3, 0.4) is 0 Å². The van der Waals surface area contributed by atoms with Gasteiger partial charge in [-0.15, -0.1) is 0 Å². The van der Waals surface area contributed by atoms with Gasteiger partial charge in [-0.1, -0.05) is 51.1 Å². The van der Waals surface area contributed by atoms with Crippen molar-refractivity contribution in [1.29, 1.82) is 0 Å². The molecule has 0 saturated carbocycles. The first-order chi connectivity index (χ1) is 16.0. The molecule has 0 saturated heterocycles. The summed E-state index contributed by atoms with van der Waals surface area (Å²) in [6.45, 7) is 7.90. The number of aliphatic hydroxyl groups is 3. The Morgan fingerprint density at radius 3 is 2.56 bits per heavy atom. The Balaban J connectivity index is 2.48. The lowest BCUT2D eigenvalue weighted by Gasteiger charge is -2.35. The highest BCUT2D eigenvalue weighted by molar-refractivity contribution is 5.75. The topological polar surface area (TPSA) is 105 Å². The molecule has 0 fully saturated rings. The van der Waals surface area contributed by atoms with Crippen molar-refractivity contribution < 1.29 is 34.3 Å². The van der Waals surface area contributed by atoms with Gasteiger partial charge in [0.25, 0.3) is 0 Å². The average Bonchev–Trinajstić information content (AvgIpc) is 2.80. The maximum atomic E-state index is 13.0. The maximum absolute atomic E-state index is 13.0. The van der Waals surface area contributed by atoms with Gasteiger partial charge in [0.05, 0.1) is 18.3 Å². The summed E-state index contributed by atoms with van der Waals surface area (Å²) >= 11 is 0. The standard InChI is InChI=1S/C27H42O7/c1-17(10-11-28)12-18(2)22-15-21(32-5)16-24(29)27(3,4)20-9-7-8-19(13-20)14-23(33-6)25(30)26(31)34-22/h7-9,12-13,17,21-25,28-30H,10-11,14-16H2,1-6H3/b18-12-/t17?,21-,22?,23-,24+,25+/m1/s1. The molecule has 0 aromatic heterocycles. The van der Waals surface area contributed by atoms with Gasteiger partial charge in [-0.05, 0) is 36.0 Å². The van der Waals surface area contributed by atoms with Crippen LogP contribution in [0.5, 0.6) is 0 Å². The number of methoxy groups -OCH3 is 2. The van der Waals surface area contributed by atoms with Gasteiger partial charge in [-0.3, -0.25) is 0 Å². The van der Waals surface area contributed by atoms with E-state index in [1.807, 2.05) is 58.0 Å². The quantitative estimate of drug-likeness (QED) is 0.426. The minimum atomic E-state index is -1.46. The second-order valence-corrected chi connectivity index (χ2v) is 10.0. The minimum Gasteiger partial charge on any atom is -0.456 e. The van der Waals surface area contributed by atoms with Gasteiger partial charge in [0.15, 0.2) is 6.10 Å². The number of cyclic esters (lactones) is 1. The molecule has 7 nitrogen and oxygen atoms in total. The summed E-state index contributed by atoms with van der Waals surface area (Å²) in [6, 6.07) is 7.79. The summed E-state index contributed by atoms with van der Waals surface area (Å²) in [5.74, 6) is -0.674. The summed E-state index contributed by atoms with van der Waals surface area (Å²) < 4.78 is 17.0. The molecule has 0 radical (unpaired) electrons. The normalized spacial score (nSPS) is 29.7. The molecular formula is C27H42O7. The molecule has 0 spiro atoms. The van der Waals surface area contributed by atoms with Crippen LogP contribution in [-0.4, -0.2) is 72.6 Å². The molecule has 0 amide bonds. The van der Waals surface area contributed by atoms with E-state index < -0.39 is 35.8 Å². The predicted molar refractivity (Wildman–Crippen MR) is 131 cm³/mol. The Bertz CT molecular complexity index is 819. The molecule has 7 heteroatoms. The predicted octanol–water partition coefficient (Wildman–Crippen LogP) is 2.93. The number of aliphatic hydroxyl groups excluding tert-OH is 3. The zero-order valence-electron chi connectivity index (χ0n) is 21.4. The number of rotatable bonds is 6. The van der Waals surface area contributed by atoms with Crippen LogP contribution in [0.15, 0.2) is 35.9 Å². The highest BCUT2D eigenvalue weighted by Gasteiger charge is 2.36. The van der Waals surface area contributed by atoms with Crippen LogP contribution in [0.25, 0.3) is 0 Å². The van der Waals surface area contributed by atoms with Crippen molar-refractivity contribution >= 4 is 5.97 Å². The molecule has 1 aliphatic heterocycles. The fourth-order valence-corrected chi connectivity index (χ4v) is 4.45. The van der Waals surface area contributed by atoms with E-state index in [9.17, 15) is 20.1 Å². The third-order valence-corrected chi connectivity index (χ3v) is 7.03. The number of esters is 1. The number of carbonyl (C=O) groups excluding carboxylic acids is 1. The van der Waals surface area contributed by atoms with Gasteiger partial charge >= 0.3 is 5.97 Å². The second-order valence-electron chi connectivity index (χ2n) is 10.0. The first-order valence-electron chi connectivity index (χ1n) is 12.0. The third-order valence-electron chi connectivity index (χ3n) is 7.03. The van der Waals surface area contributed by atoms with Crippen molar-refractivity contribution in [2.45, 2.75) is 89.3 Å². The third kappa shape index (κ3) is 7.36. The largest absolute Gasteiger partial charge is 0.456 e. The lowest BCUT2D eigenvalue weighted by molar-refractivity contribution is -0.166. The fraction of sp³-hybridized carbons (Fsp3) is 0.667. The Labute approximate surface area is 203 Å². The molecule has 3 N–H and O–H groups in total. The van der Waals surface area contributed by atoms with E-state index in [0.29, 0.717) is 25.7 Å². The molecular weight excluding hydrogens is 436 g/mol. The average molecular weight is 479 g/mol. The first-order valence-corrected chi connectivity index (χ1v) is 12.0. The van der Waals surface area contributed by atoms with Crippen LogP contribution in [-0.2, 0) is 30.8 Å². The first kappa shape index (κ1) is 28.5. The molecule has 2 unspecified atom stereocenters. The van der Waals surface area contributed by atoms with Gasteiger partial charge < -0.3 is 29.5 Å². The van der Waals surface area contributed by atoms with Crippen molar-refractivity contribution in [3.63, 3.8) is 0 Å². The van der Waals surface area contributed by atoms with Crippen LogP contribution < -0.4 is 0 Å².